The van der Waals surface area contributed by atoms with Gasteiger partial charge < -0.3 is 30.5 Å². The van der Waals surface area contributed by atoms with E-state index in [1.165, 1.54) is 0 Å². The number of carboxylic acids is 3. The fourth-order valence-electron chi connectivity index (χ4n) is 2.84. The van der Waals surface area contributed by atoms with E-state index >= 15 is 0 Å². The second-order valence-electron chi connectivity index (χ2n) is 5.31. The minimum absolute atomic E-state index is 0.0227. The lowest BCUT2D eigenvalue weighted by Crippen LogP contribution is -2.20. The molecule has 9 nitrogen and oxygen atoms in total. The van der Waals surface area contributed by atoms with Crippen molar-refractivity contribution in [1.29, 1.82) is 0 Å². The summed E-state index contributed by atoms with van der Waals surface area (Å²) in [6, 6.07) is 3.08. The number of aliphatic hydroxyl groups excluding tert-OH is 2. The molecule has 0 aliphatic heterocycles. The zero-order chi connectivity index (χ0) is 17.8. The third kappa shape index (κ3) is 2.14. The normalized spacial score (nSPS) is 18.6. The Labute approximate surface area is 133 Å². The van der Waals surface area contributed by atoms with Gasteiger partial charge >= 0.3 is 17.9 Å². The SMILES string of the molecule is O=C(O)c1cc(C(=O)O)c2c(c1)C(O)C(O)c1cc(C(=O)O)[nH]c1-2. The van der Waals surface area contributed by atoms with E-state index in [0.29, 0.717) is 0 Å². The fraction of sp³-hybridized carbons (Fsp3) is 0.133. The second kappa shape index (κ2) is 5.18. The van der Waals surface area contributed by atoms with Crippen molar-refractivity contribution < 1.29 is 39.9 Å². The number of rotatable bonds is 3. The zero-order valence-corrected chi connectivity index (χ0v) is 11.8. The Balaban J connectivity index is 2.39. The maximum atomic E-state index is 11.5. The summed E-state index contributed by atoms with van der Waals surface area (Å²) >= 11 is 0. The van der Waals surface area contributed by atoms with Gasteiger partial charge in [0.1, 0.15) is 17.9 Å². The number of fused-ring (bicyclic) bond motifs is 3. The molecule has 2 atom stereocenters. The van der Waals surface area contributed by atoms with Crippen LogP contribution < -0.4 is 0 Å². The lowest BCUT2D eigenvalue weighted by molar-refractivity contribution is 0.0156. The summed E-state index contributed by atoms with van der Waals surface area (Å²) in [4.78, 5) is 36.3. The van der Waals surface area contributed by atoms with E-state index < -0.39 is 35.7 Å². The number of carbonyl (C=O) groups is 3. The molecule has 3 rings (SSSR count). The van der Waals surface area contributed by atoms with Crippen molar-refractivity contribution in [2.45, 2.75) is 12.2 Å². The number of hydrogen-bond donors (Lipinski definition) is 6. The molecule has 0 saturated carbocycles. The Morgan fingerprint density at radius 3 is 2.00 bits per heavy atom. The number of aromatic carboxylic acids is 3. The zero-order valence-electron chi connectivity index (χ0n) is 11.8. The van der Waals surface area contributed by atoms with Crippen molar-refractivity contribution in [3.63, 3.8) is 0 Å². The number of H-pyrrole nitrogens is 1. The smallest absolute Gasteiger partial charge is 0.352 e. The molecule has 0 fully saturated rings. The first-order valence-electron chi connectivity index (χ1n) is 6.69. The first-order valence-corrected chi connectivity index (χ1v) is 6.69. The molecule has 0 saturated heterocycles. The molecule has 0 radical (unpaired) electrons. The predicted molar refractivity (Wildman–Crippen MR) is 77.0 cm³/mol. The summed E-state index contributed by atoms with van der Waals surface area (Å²) in [6.45, 7) is 0. The average Bonchev–Trinajstić information content (AvgIpc) is 2.96. The highest BCUT2D eigenvalue weighted by Gasteiger charge is 2.37. The van der Waals surface area contributed by atoms with Gasteiger partial charge in [0.25, 0.3) is 0 Å². The molecule has 0 spiro atoms. The monoisotopic (exact) mass is 333 g/mol. The fourth-order valence-corrected chi connectivity index (χ4v) is 2.84. The molecule has 24 heavy (non-hydrogen) atoms. The van der Waals surface area contributed by atoms with Crippen LogP contribution in [0.4, 0.5) is 0 Å². The Kier molecular flexibility index (Phi) is 3.39. The molecule has 1 aliphatic carbocycles. The van der Waals surface area contributed by atoms with Gasteiger partial charge in [-0.05, 0) is 23.8 Å². The first-order chi connectivity index (χ1) is 11.2. The average molecular weight is 333 g/mol. The van der Waals surface area contributed by atoms with Crippen LogP contribution >= 0.6 is 0 Å². The minimum atomic E-state index is -1.60. The van der Waals surface area contributed by atoms with Crippen LogP contribution in [0.25, 0.3) is 11.3 Å². The number of nitrogens with one attached hydrogen (secondary N) is 1. The summed E-state index contributed by atoms with van der Waals surface area (Å²) < 4.78 is 0. The molecule has 1 aromatic heterocycles. The molecule has 0 amide bonds. The lowest BCUT2D eigenvalue weighted by Gasteiger charge is -2.28. The van der Waals surface area contributed by atoms with Crippen molar-refractivity contribution in [3.05, 3.63) is 46.1 Å². The molecule has 1 heterocycles. The van der Waals surface area contributed by atoms with Crippen LogP contribution in [-0.4, -0.2) is 48.4 Å². The van der Waals surface area contributed by atoms with Crippen molar-refractivity contribution in [1.82, 2.24) is 4.98 Å². The van der Waals surface area contributed by atoms with Crippen LogP contribution in [0.1, 0.15) is 54.5 Å². The number of hydrogen-bond acceptors (Lipinski definition) is 5. The third-order valence-electron chi connectivity index (χ3n) is 3.91. The summed E-state index contributed by atoms with van der Waals surface area (Å²) in [6.07, 6.45) is -3.12. The van der Waals surface area contributed by atoms with Gasteiger partial charge in [-0.1, -0.05) is 0 Å². The topological polar surface area (TPSA) is 168 Å². The maximum absolute atomic E-state index is 11.5. The largest absolute Gasteiger partial charge is 0.478 e. The lowest BCUT2D eigenvalue weighted by atomic mass is 9.82. The second-order valence-corrected chi connectivity index (χ2v) is 5.31. The van der Waals surface area contributed by atoms with Gasteiger partial charge in [-0.25, -0.2) is 14.4 Å². The number of aromatic nitrogens is 1. The van der Waals surface area contributed by atoms with Crippen LogP contribution in [0.15, 0.2) is 18.2 Å². The van der Waals surface area contributed by atoms with Gasteiger partial charge in [0, 0.05) is 11.1 Å². The Bertz CT molecular complexity index is 897. The summed E-state index contributed by atoms with van der Waals surface area (Å²) in [5, 5.41) is 47.9. The van der Waals surface area contributed by atoms with Gasteiger partial charge in [0.05, 0.1) is 16.8 Å². The molecule has 2 aromatic rings. The highest BCUT2D eigenvalue weighted by molar-refractivity contribution is 6.02. The molecule has 124 valence electrons. The van der Waals surface area contributed by atoms with Gasteiger partial charge in [0.15, 0.2) is 0 Å². The van der Waals surface area contributed by atoms with Gasteiger partial charge in [-0.3, -0.25) is 0 Å². The van der Waals surface area contributed by atoms with E-state index in [9.17, 15) is 29.7 Å². The Morgan fingerprint density at radius 2 is 1.46 bits per heavy atom. The molecule has 9 heteroatoms. The van der Waals surface area contributed by atoms with E-state index in [1.807, 2.05) is 0 Å². The van der Waals surface area contributed by atoms with E-state index in [1.54, 1.807) is 0 Å². The van der Waals surface area contributed by atoms with Crippen molar-refractivity contribution in [2.75, 3.05) is 0 Å². The molecule has 2 unspecified atom stereocenters. The number of carboxylic acid groups (broad SMARTS) is 3. The van der Waals surface area contributed by atoms with Gasteiger partial charge in [-0.2, -0.15) is 0 Å². The molecular formula is C15H11NO8. The van der Waals surface area contributed by atoms with Crippen molar-refractivity contribution >= 4 is 17.9 Å². The number of aliphatic hydroxyl groups is 2. The van der Waals surface area contributed by atoms with Crippen molar-refractivity contribution in [3.8, 4) is 11.3 Å². The third-order valence-corrected chi connectivity index (χ3v) is 3.91. The van der Waals surface area contributed by atoms with Gasteiger partial charge in [0.2, 0.25) is 0 Å². The molecule has 0 bridgehead atoms. The minimum Gasteiger partial charge on any atom is -0.478 e. The van der Waals surface area contributed by atoms with Crippen LogP contribution in [0.3, 0.4) is 0 Å². The van der Waals surface area contributed by atoms with Crippen LogP contribution in [0, 0.1) is 0 Å². The Hall–Kier alpha value is -3.17. The molecule has 1 aromatic carbocycles. The van der Waals surface area contributed by atoms with E-state index in [2.05, 4.69) is 4.98 Å². The van der Waals surface area contributed by atoms with Crippen LogP contribution in [-0.2, 0) is 0 Å². The first kappa shape index (κ1) is 15.7. The van der Waals surface area contributed by atoms with Crippen molar-refractivity contribution in [2.24, 2.45) is 0 Å². The quantitative estimate of drug-likeness (QED) is 0.480. The Morgan fingerprint density at radius 1 is 0.833 bits per heavy atom. The summed E-state index contributed by atoms with van der Waals surface area (Å²) in [5.74, 6) is -4.17. The maximum Gasteiger partial charge on any atom is 0.352 e. The standard InChI is InChI=1S/C15H11NO8/c17-11-5-1-4(13(19)20)2-6(14(21)22)9(5)10-7(12(11)18)3-8(16-10)15(23)24/h1-3,11-12,16-18H,(H,19,20)(H,21,22)(H,23,24). The number of benzene rings is 1. The summed E-state index contributed by atoms with van der Waals surface area (Å²) in [5.41, 5.74) is -1.19. The number of aromatic amines is 1. The van der Waals surface area contributed by atoms with E-state index in [4.69, 9.17) is 10.2 Å². The van der Waals surface area contributed by atoms with Crippen LogP contribution in [0.5, 0.6) is 0 Å². The van der Waals surface area contributed by atoms with Crippen LogP contribution in [0.2, 0.25) is 0 Å². The summed E-state index contributed by atoms with van der Waals surface area (Å²) in [7, 11) is 0. The molecule has 6 N–H and O–H groups in total. The molecular weight excluding hydrogens is 322 g/mol. The predicted octanol–water partition coefficient (Wildman–Crippen LogP) is 0.857. The highest BCUT2D eigenvalue weighted by Crippen LogP contribution is 2.46. The molecule has 1 aliphatic rings. The van der Waals surface area contributed by atoms with E-state index in [0.717, 1.165) is 18.2 Å². The van der Waals surface area contributed by atoms with Gasteiger partial charge in [-0.15, -0.1) is 0 Å². The van der Waals surface area contributed by atoms with E-state index in [-0.39, 0.29) is 33.6 Å². The highest BCUT2D eigenvalue weighted by atomic mass is 16.4.